The van der Waals surface area contributed by atoms with Gasteiger partial charge in [0.2, 0.25) is 5.13 Å². The van der Waals surface area contributed by atoms with Crippen LogP contribution in [-0.4, -0.2) is 16.5 Å². The standard InChI is InChI=1S/C10H7F2N3O3S/c11-10(12)17-6-3-1-2-5(7(6)18-10)4-16-9-15-14-8(13)19-9/h1-3H,4H2,(H2,13,14). The van der Waals surface area contributed by atoms with Crippen LogP contribution in [-0.2, 0) is 6.61 Å². The zero-order valence-electron chi connectivity index (χ0n) is 9.30. The minimum absolute atomic E-state index is 0.00273. The smallest absolute Gasteiger partial charge is 0.464 e. The van der Waals surface area contributed by atoms with Crippen LogP contribution in [0.15, 0.2) is 18.2 Å². The fourth-order valence-electron chi connectivity index (χ4n) is 1.56. The van der Waals surface area contributed by atoms with Crippen LogP contribution in [0.5, 0.6) is 16.7 Å². The molecule has 1 aliphatic heterocycles. The molecule has 2 heterocycles. The fraction of sp³-hybridized carbons (Fsp3) is 0.200. The molecule has 0 fully saturated rings. The Morgan fingerprint density at radius 2 is 2.16 bits per heavy atom. The van der Waals surface area contributed by atoms with Crippen molar-refractivity contribution in [3.63, 3.8) is 0 Å². The molecule has 0 saturated heterocycles. The predicted molar refractivity (Wildman–Crippen MR) is 61.3 cm³/mol. The van der Waals surface area contributed by atoms with E-state index in [0.29, 0.717) is 5.56 Å². The number of rotatable bonds is 3. The van der Waals surface area contributed by atoms with Gasteiger partial charge in [0, 0.05) is 5.56 Å². The third-order valence-corrected chi connectivity index (χ3v) is 2.95. The van der Waals surface area contributed by atoms with E-state index in [1.807, 2.05) is 0 Å². The van der Waals surface area contributed by atoms with E-state index >= 15 is 0 Å². The molecule has 19 heavy (non-hydrogen) atoms. The van der Waals surface area contributed by atoms with E-state index in [2.05, 4.69) is 19.7 Å². The maximum Gasteiger partial charge on any atom is 0.586 e. The van der Waals surface area contributed by atoms with Crippen LogP contribution in [0.3, 0.4) is 0 Å². The maximum atomic E-state index is 13.0. The lowest BCUT2D eigenvalue weighted by molar-refractivity contribution is -0.287. The summed E-state index contributed by atoms with van der Waals surface area (Å²) in [4.78, 5) is 0. The molecule has 2 N–H and O–H groups in total. The third-order valence-electron chi connectivity index (χ3n) is 2.28. The topological polar surface area (TPSA) is 79.5 Å². The number of para-hydroxylation sites is 1. The van der Waals surface area contributed by atoms with Crippen molar-refractivity contribution in [2.75, 3.05) is 5.73 Å². The van der Waals surface area contributed by atoms with Gasteiger partial charge in [-0.1, -0.05) is 17.2 Å². The van der Waals surface area contributed by atoms with E-state index in [9.17, 15) is 8.78 Å². The van der Waals surface area contributed by atoms with Gasteiger partial charge in [0.15, 0.2) is 11.5 Å². The molecule has 2 aromatic rings. The third kappa shape index (κ3) is 2.36. The average molecular weight is 287 g/mol. The number of nitrogens with two attached hydrogens (primary N) is 1. The number of nitrogen functional groups attached to an aromatic ring is 1. The van der Waals surface area contributed by atoms with Gasteiger partial charge in [-0.05, 0) is 17.4 Å². The Hall–Kier alpha value is -2.16. The molecule has 0 amide bonds. The van der Waals surface area contributed by atoms with Gasteiger partial charge in [0.1, 0.15) is 6.61 Å². The van der Waals surface area contributed by atoms with E-state index in [0.717, 1.165) is 11.3 Å². The number of benzene rings is 1. The van der Waals surface area contributed by atoms with Crippen LogP contribution in [0.2, 0.25) is 0 Å². The van der Waals surface area contributed by atoms with Gasteiger partial charge in [-0.25, -0.2) is 0 Å². The van der Waals surface area contributed by atoms with Gasteiger partial charge >= 0.3 is 6.29 Å². The molecule has 0 bridgehead atoms. The number of hydrogen-bond donors (Lipinski definition) is 1. The number of alkyl halides is 2. The van der Waals surface area contributed by atoms with Gasteiger partial charge in [0.25, 0.3) is 5.19 Å². The largest absolute Gasteiger partial charge is 0.586 e. The highest BCUT2D eigenvalue weighted by molar-refractivity contribution is 7.16. The Balaban J connectivity index is 1.78. The summed E-state index contributed by atoms with van der Waals surface area (Å²) in [6.45, 7) is -0.00273. The Kier molecular flexibility index (Phi) is 2.63. The molecule has 100 valence electrons. The molecule has 1 aromatic carbocycles. The first kappa shape index (κ1) is 11.9. The lowest BCUT2D eigenvalue weighted by Crippen LogP contribution is -2.26. The van der Waals surface area contributed by atoms with Gasteiger partial charge in [-0.15, -0.1) is 13.9 Å². The van der Waals surface area contributed by atoms with Gasteiger partial charge in [0.05, 0.1) is 0 Å². The van der Waals surface area contributed by atoms with Crippen molar-refractivity contribution < 1.29 is 23.0 Å². The molecular weight excluding hydrogens is 280 g/mol. The lowest BCUT2D eigenvalue weighted by atomic mass is 10.2. The van der Waals surface area contributed by atoms with Gasteiger partial charge in [-0.3, -0.25) is 0 Å². The van der Waals surface area contributed by atoms with Crippen LogP contribution >= 0.6 is 11.3 Å². The summed E-state index contributed by atoms with van der Waals surface area (Å²) in [7, 11) is 0. The van der Waals surface area contributed by atoms with Crippen LogP contribution in [0.25, 0.3) is 0 Å². The van der Waals surface area contributed by atoms with Crippen LogP contribution in [0.4, 0.5) is 13.9 Å². The second-order valence-corrected chi connectivity index (χ2v) is 4.58. The predicted octanol–water partition coefficient (Wildman–Crippen LogP) is 2.02. The molecular formula is C10H7F2N3O3S. The van der Waals surface area contributed by atoms with E-state index in [1.165, 1.54) is 6.07 Å². The Morgan fingerprint density at radius 1 is 1.32 bits per heavy atom. The van der Waals surface area contributed by atoms with Crippen LogP contribution < -0.4 is 19.9 Å². The first-order valence-electron chi connectivity index (χ1n) is 5.13. The number of fused-ring (bicyclic) bond motifs is 1. The molecule has 1 aromatic heterocycles. The van der Waals surface area contributed by atoms with Crippen molar-refractivity contribution in [3.05, 3.63) is 23.8 Å². The van der Waals surface area contributed by atoms with E-state index in [4.69, 9.17) is 10.5 Å². The quantitative estimate of drug-likeness (QED) is 0.930. The SMILES string of the molecule is Nc1nnc(OCc2cccc3c2OC(F)(F)O3)s1. The Labute approximate surface area is 109 Å². The molecule has 0 atom stereocenters. The first-order valence-corrected chi connectivity index (χ1v) is 5.95. The normalized spacial score (nSPS) is 15.5. The number of hydrogen-bond acceptors (Lipinski definition) is 7. The van der Waals surface area contributed by atoms with Crippen molar-refractivity contribution in [2.24, 2.45) is 0 Å². The monoisotopic (exact) mass is 287 g/mol. The minimum atomic E-state index is -3.65. The van der Waals surface area contributed by atoms with E-state index in [1.54, 1.807) is 12.1 Å². The number of anilines is 1. The zero-order valence-corrected chi connectivity index (χ0v) is 10.1. The molecule has 0 saturated carbocycles. The maximum absolute atomic E-state index is 13.0. The van der Waals surface area contributed by atoms with Crippen molar-refractivity contribution in [3.8, 4) is 16.7 Å². The summed E-state index contributed by atoms with van der Waals surface area (Å²) < 4.78 is 40.0. The molecule has 0 radical (unpaired) electrons. The number of aromatic nitrogens is 2. The average Bonchev–Trinajstić information content (AvgIpc) is 2.88. The summed E-state index contributed by atoms with van der Waals surface area (Å²) >= 11 is 1.05. The highest BCUT2D eigenvalue weighted by atomic mass is 32.1. The molecule has 0 aliphatic carbocycles. The van der Waals surface area contributed by atoms with Crippen molar-refractivity contribution in [2.45, 2.75) is 12.9 Å². The van der Waals surface area contributed by atoms with Crippen molar-refractivity contribution in [1.82, 2.24) is 10.2 Å². The second-order valence-electron chi connectivity index (χ2n) is 3.61. The molecule has 1 aliphatic rings. The summed E-state index contributed by atoms with van der Waals surface area (Å²) in [5.41, 5.74) is 5.81. The lowest BCUT2D eigenvalue weighted by Gasteiger charge is -2.07. The van der Waals surface area contributed by atoms with Crippen molar-refractivity contribution >= 4 is 16.5 Å². The van der Waals surface area contributed by atoms with E-state index in [-0.39, 0.29) is 28.4 Å². The number of nitrogens with zero attached hydrogens (tertiary/aromatic N) is 2. The molecule has 0 spiro atoms. The van der Waals surface area contributed by atoms with Crippen LogP contribution in [0.1, 0.15) is 5.56 Å². The van der Waals surface area contributed by atoms with Gasteiger partial charge < -0.3 is 19.9 Å². The number of ether oxygens (including phenoxy) is 3. The van der Waals surface area contributed by atoms with Crippen LogP contribution in [0, 0.1) is 0 Å². The Morgan fingerprint density at radius 3 is 2.89 bits per heavy atom. The number of halogens is 2. The highest BCUT2D eigenvalue weighted by Gasteiger charge is 2.44. The molecule has 0 unspecified atom stereocenters. The molecule has 6 nitrogen and oxygen atoms in total. The van der Waals surface area contributed by atoms with E-state index < -0.39 is 6.29 Å². The van der Waals surface area contributed by atoms with Crippen molar-refractivity contribution in [1.29, 1.82) is 0 Å². The minimum Gasteiger partial charge on any atom is -0.464 e. The first-order chi connectivity index (χ1) is 9.03. The summed E-state index contributed by atoms with van der Waals surface area (Å²) in [6.07, 6.45) is -3.65. The summed E-state index contributed by atoms with van der Waals surface area (Å²) in [5, 5.41) is 7.74. The summed E-state index contributed by atoms with van der Waals surface area (Å²) in [6, 6.07) is 4.55. The summed E-state index contributed by atoms with van der Waals surface area (Å²) in [5.74, 6) is -0.0622. The molecule has 9 heteroatoms. The zero-order chi connectivity index (χ0) is 13.5. The second kappa shape index (κ2) is 4.19. The van der Waals surface area contributed by atoms with Gasteiger partial charge in [-0.2, -0.15) is 0 Å². The Bertz CT molecular complexity index is 620. The molecule has 3 rings (SSSR count). The highest BCUT2D eigenvalue weighted by Crippen LogP contribution is 2.43. The fourth-order valence-corrected chi connectivity index (χ4v) is 2.02.